The van der Waals surface area contributed by atoms with E-state index in [1.807, 2.05) is 54.6 Å². The third-order valence-electron chi connectivity index (χ3n) is 5.23. The van der Waals surface area contributed by atoms with E-state index < -0.39 is 17.6 Å². The first kappa shape index (κ1) is 23.9. The van der Waals surface area contributed by atoms with Gasteiger partial charge in [0.05, 0.1) is 17.6 Å². The van der Waals surface area contributed by atoms with Crippen LogP contribution in [0.25, 0.3) is 11.1 Å². The van der Waals surface area contributed by atoms with Crippen molar-refractivity contribution in [3.8, 4) is 11.1 Å². The van der Waals surface area contributed by atoms with E-state index in [9.17, 15) is 18.0 Å². The van der Waals surface area contributed by atoms with E-state index in [-0.39, 0.29) is 5.56 Å². The number of imidazole rings is 1. The second-order valence-corrected chi connectivity index (χ2v) is 7.64. The molecule has 35 heavy (non-hydrogen) atoms. The van der Waals surface area contributed by atoms with Crippen LogP contribution in [0.3, 0.4) is 0 Å². The summed E-state index contributed by atoms with van der Waals surface area (Å²) in [5.74, 6) is -0.653. The average Bonchev–Trinajstić information content (AvgIpc) is 3.40. The van der Waals surface area contributed by atoms with Crippen LogP contribution in [0.5, 0.6) is 0 Å². The van der Waals surface area contributed by atoms with Gasteiger partial charge in [-0.2, -0.15) is 18.2 Å². The van der Waals surface area contributed by atoms with Gasteiger partial charge in [-0.1, -0.05) is 42.5 Å². The third-order valence-corrected chi connectivity index (χ3v) is 5.23. The largest absolute Gasteiger partial charge is 0.416 e. The number of amides is 1. The summed E-state index contributed by atoms with van der Waals surface area (Å²) in [5, 5.41) is 1.60. The zero-order chi connectivity index (χ0) is 24.7. The molecule has 3 aromatic carbocycles. The number of anilines is 1. The van der Waals surface area contributed by atoms with E-state index in [2.05, 4.69) is 20.4 Å². The van der Waals surface area contributed by atoms with Gasteiger partial charge in [0, 0.05) is 30.4 Å². The van der Waals surface area contributed by atoms with Crippen molar-refractivity contribution in [2.45, 2.75) is 12.6 Å². The minimum atomic E-state index is -4.47. The van der Waals surface area contributed by atoms with Crippen molar-refractivity contribution < 1.29 is 18.0 Å². The van der Waals surface area contributed by atoms with Gasteiger partial charge >= 0.3 is 6.18 Å². The molecule has 1 heterocycles. The first-order valence-corrected chi connectivity index (χ1v) is 10.8. The molecule has 4 rings (SSSR count). The lowest BCUT2D eigenvalue weighted by molar-refractivity contribution is -0.137. The monoisotopic (exact) mass is 477 g/mol. The average molecular weight is 477 g/mol. The van der Waals surface area contributed by atoms with E-state index in [1.165, 1.54) is 6.34 Å². The molecular formula is C26H22F3N5O. The Hall–Kier alpha value is -4.24. The van der Waals surface area contributed by atoms with Crippen LogP contribution in [0.4, 0.5) is 18.9 Å². The summed E-state index contributed by atoms with van der Waals surface area (Å²) < 4.78 is 38.4. The molecule has 0 aliphatic carbocycles. The molecule has 0 radical (unpaired) electrons. The van der Waals surface area contributed by atoms with Crippen molar-refractivity contribution in [1.82, 2.24) is 15.4 Å². The first-order valence-electron chi connectivity index (χ1n) is 10.8. The van der Waals surface area contributed by atoms with Gasteiger partial charge in [-0.05, 0) is 47.5 Å². The smallest absolute Gasteiger partial charge is 0.348 e. The molecule has 0 spiro atoms. The Balaban J connectivity index is 1.50. The molecule has 1 aromatic heterocycles. The minimum absolute atomic E-state index is 0.0612. The minimum Gasteiger partial charge on any atom is -0.348 e. The number of nitrogens with one attached hydrogen (secondary N) is 2. The number of nitrogens with zero attached hydrogens (tertiary/aromatic N) is 3. The maximum Gasteiger partial charge on any atom is 0.416 e. The number of rotatable bonds is 8. The number of alkyl halides is 3. The summed E-state index contributed by atoms with van der Waals surface area (Å²) >= 11 is 0. The number of carbonyl (C=O) groups excluding carboxylic acids is 1. The van der Waals surface area contributed by atoms with E-state index in [0.29, 0.717) is 13.0 Å². The normalized spacial score (nSPS) is 11.6. The molecule has 9 heteroatoms. The maximum atomic E-state index is 12.8. The summed E-state index contributed by atoms with van der Waals surface area (Å²) in [5.41, 5.74) is 6.22. The van der Waals surface area contributed by atoms with Crippen LogP contribution in [0, 0.1) is 0 Å². The molecule has 2 N–H and O–H groups in total. The van der Waals surface area contributed by atoms with E-state index >= 15 is 0 Å². The summed E-state index contributed by atoms with van der Waals surface area (Å²) in [6.45, 7) is 0.517. The van der Waals surface area contributed by atoms with E-state index in [1.54, 1.807) is 17.5 Å². The lowest BCUT2D eigenvalue weighted by atomic mass is 10.1. The second-order valence-electron chi connectivity index (χ2n) is 7.64. The van der Waals surface area contributed by atoms with Gasteiger partial charge in [0.15, 0.2) is 0 Å². The molecule has 0 fully saturated rings. The lowest BCUT2D eigenvalue weighted by Gasteiger charge is -2.21. The Bertz CT molecular complexity index is 1250. The highest BCUT2D eigenvalue weighted by Gasteiger charge is 2.30. The highest BCUT2D eigenvalue weighted by atomic mass is 19.4. The van der Waals surface area contributed by atoms with Crippen LogP contribution in [-0.4, -0.2) is 28.8 Å². The number of aromatic amines is 1. The molecule has 6 nitrogen and oxygen atoms in total. The van der Waals surface area contributed by atoms with Crippen molar-refractivity contribution in [3.63, 3.8) is 0 Å². The van der Waals surface area contributed by atoms with Crippen LogP contribution in [0.15, 0.2) is 96.4 Å². The number of hydrazine groups is 1. The number of halogens is 3. The van der Waals surface area contributed by atoms with Gasteiger partial charge in [0.2, 0.25) is 0 Å². The van der Waals surface area contributed by atoms with Crippen molar-refractivity contribution in [3.05, 3.63) is 108 Å². The van der Waals surface area contributed by atoms with Crippen LogP contribution >= 0.6 is 0 Å². The Morgan fingerprint density at radius 3 is 2.29 bits per heavy atom. The quantitative estimate of drug-likeness (QED) is 0.199. The second kappa shape index (κ2) is 10.8. The number of benzene rings is 3. The van der Waals surface area contributed by atoms with Gasteiger partial charge in [-0.3, -0.25) is 9.80 Å². The topological polar surface area (TPSA) is 73.4 Å². The van der Waals surface area contributed by atoms with Gasteiger partial charge in [-0.25, -0.2) is 10.4 Å². The fourth-order valence-electron chi connectivity index (χ4n) is 3.36. The standard InChI is InChI=1S/C26H22F3N5O/c27-26(28,29)22-10-6-21(7-11-22)25(35)32-18-34(33-15-14-23-16-30-17-31-23)24-12-8-20(9-13-24)19-4-2-1-3-5-19/h1-13,16-18,33H,14-15H2,(H,30,31). The van der Waals surface area contributed by atoms with Crippen molar-refractivity contribution >= 4 is 17.9 Å². The Kier molecular flexibility index (Phi) is 7.37. The first-order chi connectivity index (χ1) is 16.9. The number of H-pyrrole nitrogens is 1. The Morgan fingerprint density at radius 1 is 0.971 bits per heavy atom. The van der Waals surface area contributed by atoms with Gasteiger partial charge in [-0.15, -0.1) is 0 Å². The van der Waals surface area contributed by atoms with Gasteiger partial charge in [0.25, 0.3) is 5.91 Å². The summed E-state index contributed by atoms with van der Waals surface area (Å²) in [6.07, 6.45) is 0.832. The van der Waals surface area contributed by atoms with Crippen molar-refractivity contribution in [2.75, 3.05) is 11.6 Å². The fraction of sp³-hybridized carbons (Fsp3) is 0.115. The van der Waals surface area contributed by atoms with Crippen LogP contribution in [0.1, 0.15) is 21.6 Å². The molecule has 4 aromatic rings. The lowest BCUT2D eigenvalue weighted by Crippen LogP contribution is -2.38. The number of hydrogen-bond donors (Lipinski definition) is 2. The van der Waals surface area contributed by atoms with Gasteiger partial charge < -0.3 is 4.98 Å². The molecule has 1 amide bonds. The highest BCUT2D eigenvalue weighted by molar-refractivity contribution is 6.00. The molecule has 0 saturated carbocycles. The SMILES string of the molecule is O=C(N=CN(NCCc1cnc[nH]1)c1ccc(-c2ccccc2)cc1)c1ccc(C(F)(F)F)cc1. The highest BCUT2D eigenvalue weighted by Crippen LogP contribution is 2.29. The maximum absolute atomic E-state index is 12.8. The zero-order valence-electron chi connectivity index (χ0n) is 18.5. The van der Waals surface area contributed by atoms with Crippen molar-refractivity contribution in [2.24, 2.45) is 4.99 Å². The molecule has 0 atom stereocenters. The molecular weight excluding hydrogens is 455 g/mol. The molecule has 0 unspecified atom stereocenters. The molecule has 0 aliphatic heterocycles. The van der Waals surface area contributed by atoms with E-state index in [4.69, 9.17) is 0 Å². The molecule has 178 valence electrons. The summed E-state index contributed by atoms with van der Waals surface area (Å²) in [7, 11) is 0. The number of aliphatic imine (C=N–C) groups is 1. The molecule has 0 aliphatic rings. The predicted octanol–water partition coefficient (Wildman–Crippen LogP) is 5.52. The Labute approximate surface area is 200 Å². The third kappa shape index (κ3) is 6.42. The fourth-order valence-corrected chi connectivity index (χ4v) is 3.36. The summed E-state index contributed by atoms with van der Waals surface area (Å²) in [4.78, 5) is 23.5. The van der Waals surface area contributed by atoms with Crippen LogP contribution in [-0.2, 0) is 12.6 Å². The number of hydrogen-bond acceptors (Lipinski definition) is 3. The van der Waals surface area contributed by atoms with Crippen LogP contribution < -0.4 is 10.4 Å². The van der Waals surface area contributed by atoms with E-state index in [0.717, 1.165) is 46.8 Å². The number of aromatic nitrogens is 2. The van der Waals surface area contributed by atoms with Crippen LogP contribution in [0.2, 0.25) is 0 Å². The zero-order valence-corrected chi connectivity index (χ0v) is 18.5. The Morgan fingerprint density at radius 2 is 1.66 bits per heavy atom. The number of carbonyl (C=O) groups is 1. The molecule has 0 saturated heterocycles. The van der Waals surface area contributed by atoms with Crippen molar-refractivity contribution in [1.29, 1.82) is 0 Å². The summed E-state index contributed by atoms with van der Waals surface area (Å²) in [6, 6.07) is 21.6. The molecule has 0 bridgehead atoms. The van der Waals surface area contributed by atoms with Gasteiger partial charge in [0.1, 0.15) is 6.34 Å². The predicted molar refractivity (Wildman–Crippen MR) is 129 cm³/mol.